The van der Waals surface area contributed by atoms with E-state index in [0.29, 0.717) is 6.42 Å². The Kier molecular flexibility index (Phi) is 6.89. The average molecular weight is 415 g/mol. The van der Waals surface area contributed by atoms with Gasteiger partial charge >= 0.3 is 0 Å². The molecule has 0 saturated carbocycles. The van der Waals surface area contributed by atoms with Crippen LogP contribution >= 0.6 is 22.6 Å². The van der Waals surface area contributed by atoms with Crippen molar-refractivity contribution < 1.29 is 4.43 Å². The normalized spacial score (nSPS) is 13.8. The number of rotatable bonds is 6. The molecule has 0 radical (unpaired) electrons. The second-order valence-electron chi connectivity index (χ2n) is 7.03. The SMILES string of the molecule is CC(C)(C)[Si](C)(C)O[C@@H](CCC#N)Cc1ccc(I)cc1. The summed E-state index contributed by atoms with van der Waals surface area (Å²) in [5.41, 5.74) is 1.29. The summed E-state index contributed by atoms with van der Waals surface area (Å²) in [5.74, 6) is 0. The van der Waals surface area contributed by atoms with Gasteiger partial charge in [-0.3, -0.25) is 0 Å². The molecule has 0 N–H and O–H groups in total. The highest BCUT2D eigenvalue weighted by molar-refractivity contribution is 14.1. The minimum Gasteiger partial charge on any atom is -0.414 e. The molecule has 0 unspecified atom stereocenters. The van der Waals surface area contributed by atoms with Crippen molar-refractivity contribution in [3.05, 3.63) is 33.4 Å². The second-order valence-corrected chi connectivity index (χ2v) is 13.0. The molecule has 0 heterocycles. The third-order valence-electron chi connectivity index (χ3n) is 4.22. The van der Waals surface area contributed by atoms with E-state index in [9.17, 15) is 0 Å². The molecule has 1 aromatic carbocycles. The van der Waals surface area contributed by atoms with Gasteiger partial charge in [-0.15, -0.1) is 0 Å². The number of hydrogen-bond donors (Lipinski definition) is 0. The zero-order chi connectivity index (χ0) is 16.1. The van der Waals surface area contributed by atoms with E-state index in [1.807, 2.05) is 0 Å². The van der Waals surface area contributed by atoms with Crippen LogP contribution in [0.1, 0.15) is 39.2 Å². The van der Waals surface area contributed by atoms with E-state index in [1.54, 1.807) is 0 Å². The van der Waals surface area contributed by atoms with E-state index in [0.717, 1.165) is 12.8 Å². The van der Waals surface area contributed by atoms with Gasteiger partial charge in [0.05, 0.1) is 12.2 Å². The Morgan fingerprint density at radius 3 is 2.29 bits per heavy atom. The molecule has 4 heteroatoms. The van der Waals surface area contributed by atoms with Crippen molar-refractivity contribution in [3.63, 3.8) is 0 Å². The molecule has 0 bridgehead atoms. The van der Waals surface area contributed by atoms with Crippen LogP contribution in [0.15, 0.2) is 24.3 Å². The predicted molar refractivity (Wildman–Crippen MR) is 99.8 cm³/mol. The Balaban J connectivity index is 2.81. The van der Waals surface area contributed by atoms with Crippen molar-refractivity contribution in [2.75, 3.05) is 0 Å². The second kappa shape index (κ2) is 7.75. The van der Waals surface area contributed by atoms with Crippen LogP contribution in [0.25, 0.3) is 0 Å². The third-order valence-corrected chi connectivity index (χ3v) is 9.48. The van der Waals surface area contributed by atoms with Gasteiger partial charge in [-0.05, 0) is 71.3 Å². The van der Waals surface area contributed by atoms with Gasteiger partial charge < -0.3 is 4.43 Å². The molecule has 1 atom stereocenters. The maximum Gasteiger partial charge on any atom is 0.192 e. The molecule has 0 amide bonds. The first-order valence-electron chi connectivity index (χ1n) is 7.45. The van der Waals surface area contributed by atoms with Gasteiger partial charge in [0.15, 0.2) is 8.32 Å². The molecule has 21 heavy (non-hydrogen) atoms. The molecule has 0 aromatic heterocycles. The van der Waals surface area contributed by atoms with Crippen LogP contribution in [0.3, 0.4) is 0 Å². The first-order valence-corrected chi connectivity index (χ1v) is 11.4. The van der Waals surface area contributed by atoms with E-state index >= 15 is 0 Å². The van der Waals surface area contributed by atoms with Crippen molar-refractivity contribution in [1.29, 1.82) is 5.26 Å². The lowest BCUT2D eigenvalue weighted by Crippen LogP contribution is -2.44. The van der Waals surface area contributed by atoms with Crippen LogP contribution in [0.4, 0.5) is 0 Å². The van der Waals surface area contributed by atoms with Crippen LogP contribution in [0.2, 0.25) is 18.1 Å². The summed E-state index contributed by atoms with van der Waals surface area (Å²) in [7, 11) is -1.79. The lowest BCUT2D eigenvalue weighted by atomic mass is 10.0. The standard InChI is InChI=1S/C17H26INOSi/c1-17(2,3)21(4,5)20-16(7-6-12-19)13-14-8-10-15(18)11-9-14/h8-11,16H,6-7,13H2,1-5H3/t16-/m0/s1. The fourth-order valence-corrected chi connectivity index (χ4v) is 3.65. The maximum absolute atomic E-state index is 8.88. The highest BCUT2D eigenvalue weighted by Gasteiger charge is 2.39. The summed E-state index contributed by atoms with van der Waals surface area (Å²) in [4.78, 5) is 0. The lowest BCUT2D eigenvalue weighted by molar-refractivity contribution is 0.172. The van der Waals surface area contributed by atoms with Crippen molar-refractivity contribution in [2.24, 2.45) is 0 Å². The van der Waals surface area contributed by atoms with Gasteiger partial charge in [0, 0.05) is 9.99 Å². The van der Waals surface area contributed by atoms with Gasteiger partial charge in [-0.2, -0.15) is 5.26 Å². The zero-order valence-corrected chi connectivity index (χ0v) is 16.9. The summed E-state index contributed by atoms with van der Waals surface area (Å²) in [5, 5.41) is 9.08. The van der Waals surface area contributed by atoms with Crippen molar-refractivity contribution in [2.45, 2.75) is 64.3 Å². The summed E-state index contributed by atoms with van der Waals surface area (Å²) in [6.07, 6.45) is 2.41. The molecule has 0 aliphatic heterocycles. The number of hydrogen-bond acceptors (Lipinski definition) is 2. The first-order chi connectivity index (χ1) is 9.65. The van der Waals surface area contributed by atoms with Gasteiger partial charge in [0.1, 0.15) is 0 Å². The fraction of sp³-hybridized carbons (Fsp3) is 0.588. The average Bonchev–Trinajstić information content (AvgIpc) is 2.37. The monoisotopic (exact) mass is 415 g/mol. The minimum absolute atomic E-state index is 0.144. The molecular weight excluding hydrogens is 389 g/mol. The Morgan fingerprint density at radius 1 is 1.24 bits per heavy atom. The van der Waals surface area contributed by atoms with Crippen LogP contribution in [0.5, 0.6) is 0 Å². The Hall–Kier alpha value is -0.383. The van der Waals surface area contributed by atoms with Crippen LogP contribution in [-0.4, -0.2) is 14.4 Å². The van der Waals surface area contributed by atoms with Crippen LogP contribution in [0, 0.1) is 14.9 Å². The largest absolute Gasteiger partial charge is 0.414 e. The lowest BCUT2D eigenvalue weighted by Gasteiger charge is -2.39. The zero-order valence-electron chi connectivity index (χ0n) is 13.7. The molecule has 0 spiro atoms. The van der Waals surface area contributed by atoms with E-state index in [2.05, 4.69) is 86.8 Å². The number of benzene rings is 1. The van der Waals surface area contributed by atoms with Crippen LogP contribution in [-0.2, 0) is 10.8 Å². The molecule has 0 aliphatic carbocycles. The summed E-state index contributed by atoms with van der Waals surface area (Å²) < 4.78 is 7.77. The smallest absolute Gasteiger partial charge is 0.192 e. The van der Waals surface area contributed by atoms with Gasteiger partial charge in [-0.25, -0.2) is 0 Å². The molecule has 2 nitrogen and oxygen atoms in total. The minimum atomic E-state index is -1.79. The Bertz CT molecular complexity index is 485. The fourth-order valence-electron chi connectivity index (χ4n) is 1.91. The van der Waals surface area contributed by atoms with E-state index in [1.165, 1.54) is 9.13 Å². The van der Waals surface area contributed by atoms with E-state index in [-0.39, 0.29) is 11.1 Å². The molecule has 0 aliphatic rings. The van der Waals surface area contributed by atoms with Crippen molar-refractivity contribution in [3.8, 4) is 6.07 Å². The Morgan fingerprint density at radius 2 is 1.81 bits per heavy atom. The van der Waals surface area contributed by atoms with Gasteiger partial charge in [-0.1, -0.05) is 32.9 Å². The molecular formula is C17H26INOSi. The first kappa shape index (κ1) is 18.7. The summed E-state index contributed by atoms with van der Waals surface area (Å²) in [6.45, 7) is 11.3. The third kappa shape index (κ3) is 6.09. The van der Waals surface area contributed by atoms with Gasteiger partial charge in [0.2, 0.25) is 0 Å². The molecule has 0 saturated heterocycles. The molecule has 116 valence electrons. The number of halogens is 1. The van der Waals surface area contributed by atoms with Gasteiger partial charge in [0.25, 0.3) is 0 Å². The summed E-state index contributed by atoms with van der Waals surface area (Å²) in [6, 6.07) is 10.8. The van der Waals surface area contributed by atoms with Crippen molar-refractivity contribution >= 4 is 30.9 Å². The highest BCUT2D eigenvalue weighted by Crippen LogP contribution is 2.38. The predicted octanol–water partition coefficient (Wildman–Crippen LogP) is 5.53. The molecule has 1 aromatic rings. The number of nitriles is 1. The quantitative estimate of drug-likeness (QED) is 0.452. The topological polar surface area (TPSA) is 33.0 Å². The Labute approximate surface area is 144 Å². The summed E-state index contributed by atoms with van der Waals surface area (Å²) >= 11 is 2.32. The van der Waals surface area contributed by atoms with E-state index in [4.69, 9.17) is 9.69 Å². The number of nitrogens with zero attached hydrogens (tertiary/aromatic N) is 1. The van der Waals surface area contributed by atoms with Crippen molar-refractivity contribution in [1.82, 2.24) is 0 Å². The molecule has 1 rings (SSSR count). The highest BCUT2D eigenvalue weighted by atomic mass is 127. The maximum atomic E-state index is 8.88. The van der Waals surface area contributed by atoms with Crippen LogP contribution < -0.4 is 0 Å². The molecule has 0 fully saturated rings. The van der Waals surface area contributed by atoms with E-state index < -0.39 is 8.32 Å².